The molecule has 3 nitrogen and oxygen atoms in total. The molecule has 9 heavy (non-hydrogen) atoms. The van der Waals surface area contributed by atoms with Crippen LogP contribution >= 0.6 is 0 Å². The summed E-state index contributed by atoms with van der Waals surface area (Å²) in [5.74, 6) is -0.329. The normalized spacial score (nSPS) is 6.56. The first-order chi connectivity index (χ1) is 4.18. The van der Waals surface area contributed by atoms with Crippen LogP contribution in [-0.4, -0.2) is 17.7 Å². The molecule has 54 valence electrons. The number of carbonyl (C=O) groups is 1. The van der Waals surface area contributed by atoms with Crippen LogP contribution in [0.4, 0.5) is 0 Å². The van der Waals surface area contributed by atoms with Gasteiger partial charge < -0.3 is 9.84 Å². The van der Waals surface area contributed by atoms with Gasteiger partial charge in [0.2, 0.25) is 0 Å². The van der Waals surface area contributed by atoms with Crippen molar-refractivity contribution >= 4 is 5.97 Å². The number of hydrogen-bond acceptors (Lipinski definition) is 3. The molecule has 0 amide bonds. The molecular formula is C6H12O3. The molecule has 0 aromatic rings. The molecule has 0 saturated carbocycles. The lowest BCUT2D eigenvalue weighted by Gasteiger charge is -1.83. The maximum Gasteiger partial charge on any atom is 0.307 e. The van der Waals surface area contributed by atoms with Gasteiger partial charge in [-0.3, -0.25) is 4.79 Å². The minimum atomic E-state index is -0.329. The monoisotopic (exact) mass is 132 g/mol. The van der Waals surface area contributed by atoms with Crippen molar-refractivity contribution < 1.29 is 14.6 Å². The highest BCUT2D eigenvalue weighted by atomic mass is 16.5. The van der Waals surface area contributed by atoms with E-state index >= 15 is 0 Å². The second kappa shape index (κ2) is 10.2. The first-order valence-corrected chi connectivity index (χ1v) is 2.58. The predicted octanol–water partition coefficient (Wildman–Crippen LogP) is 0.692. The van der Waals surface area contributed by atoms with Crippen molar-refractivity contribution in [1.29, 1.82) is 0 Å². The molecule has 0 rings (SSSR count). The zero-order valence-corrected chi connectivity index (χ0v) is 5.76. The predicted molar refractivity (Wildman–Crippen MR) is 34.7 cm³/mol. The van der Waals surface area contributed by atoms with E-state index in [0.29, 0.717) is 0 Å². The highest BCUT2D eigenvalue weighted by Gasteiger charge is 1.79. The summed E-state index contributed by atoms with van der Waals surface area (Å²) in [7, 11) is 0. The fourth-order valence-corrected chi connectivity index (χ4v) is 0.117. The van der Waals surface area contributed by atoms with E-state index in [1.165, 1.54) is 6.92 Å². The molecule has 0 aliphatic carbocycles. The summed E-state index contributed by atoms with van der Waals surface area (Å²) in [6.45, 7) is 6.41. The summed E-state index contributed by atoms with van der Waals surface area (Å²) < 4.78 is 4.17. The van der Waals surface area contributed by atoms with Crippen molar-refractivity contribution in [3.8, 4) is 0 Å². The Hall–Kier alpha value is -0.830. The zero-order valence-electron chi connectivity index (χ0n) is 5.76. The Labute approximate surface area is 54.9 Å². The molecule has 0 radical (unpaired) electrons. The van der Waals surface area contributed by atoms with E-state index in [0.717, 1.165) is 6.26 Å². The van der Waals surface area contributed by atoms with Crippen molar-refractivity contribution in [2.45, 2.75) is 13.8 Å². The number of rotatable bonds is 1. The largest absolute Gasteiger partial charge is 0.435 e. The number of carbonyl (C=O) groups excluding carboxylic acids is 1. The Balaban J connectivity index is 0. The van der Waals surface area contributed by atoms with Crippen molar-refractivity contribution in [1.82, 2.24) is 0 Å². The summed E-state index contributed by atoms with van der Waals surface area (Å²) in [6.07, 6.45) is 1.10. The second-order valence-corrected chi connectivity index (χ2v) is 1.09. The van der Waals surface area contributed by atoms with Gasteiger partial charge in [0.05, 0.1) is 6.26 Å². The Morgan fingerprint density at radius 2 is 2.22 bits per heavy atom. The van der Waals surface area contributed by atoms with Gasteiger partial charge in [-0.1, -0.05) is 6.58 Å². The van der Waals surface area contributed by atoms with Crippen LogP contribution in [0.2, 0.25) is 0 Å². The third-order valence-electron chi connectivity index (χ3n) is 0.249. The molecule has 0 atom stereocenters. The highest BCUT2D eigenvalue weighted by molar-refractivity contribution is 5.66. The molecule has 0 heterocycles. The van der Waals surface area contributed by atoms with Crippen LogP contribution in [0.25, 0.3) is 0 Å². The maximum atomic E-state index is 9.75. The van der Waals surface area contributed by atoms with Crippen molar-refractivity contribution in [2.75, 3.05) is 6.61 Å². The van der Waals surface area contributed by atoms with Gasteiger partial charge in [-0.05, 0) is 6.92 Å². The third-order valence-corrected chi connectivity index (χ3v) is 0.249. The van der Waals surface area contributed by atoms with E-state index in [2.05, 4.69) is 11.3 Å². The molecule has 0 aromatic heterocycles. The molecule has 0 aromatic carbocycles. The summed E-state index contributed by atoms with van der Waals surface area (Å²) in [4.78, 5) is 9.75. The van der Waals surface area contributed by atoms with Crippen LogP contribution < -0.4 is 0 Å². The number of aliphatic hydroxyl groups is 1. The SMILES string of the molecule is C=COC(C)=O.CCO. The van der Waals surface area contributed by atoms with Gasteiger partial charge >= 0.3 is 5.97 Å². The fourth-order valence-electron chi connectivity index (χ4n) is 0.117. The molecule has 0 aliphatic heterocycles. The molecule has 0 unspecified atom stereocenters. The summed E-state index contributed by atoms with van der Waals surface area (Å²) >= 11 is 0. The van der Waals surface area contributed by atoms with E-state index < -0.39 is 0 Å². The topological polar surface area (TPSA) is 46.5 Å². The Kier molecular flexibility index (Phi) is 12.5. The lowest BCUT2D eigenvalue weighted by Crippen LogP contribution is -1.87. The van der Waals surface area contributed by atoms with Gasteiger partial charge in [0.15, 0.2) is 0 Å². The molecule has 0 spiro atoms. The first kappa shape index (κ1) is 11.0. The zero-order chi connectivity index (χ0) is 7.70. The van der Waals surface area contributed by atoms with Crippen molar-refractivity contribution in [2.24, 2.45) is 0 Å². The van der Waals surface area contributed by atoms with Crippen LogP contribution in [0.15, 0.2) is 12.8 Å². The second-order valence-electron chi connectivity index (χ2n) is 1.09. The number of esters is 1. The van der Waals surface area contributed by atoms with E-state index in [4.69, 9.17) is 5.11 Å². The van der Waals surface area contributed by atoms with Gasteiger partial charge in [-0.25, -0.2) is 0 Å². The Bertz CT molecular complexity index is 78.4. The number of ether oxygens (including phenoxy) is 1. The average molecular weight is 132 g/mol. The van der Waals surface area contributed by atoms with Gasteiger partial charge in [-0.15, -0.1) is 0 Å². The smallest absolute Gasteiger partial charge is 0.307 e. The standard InChI is InChI=1S/C4H6O2.C2H6O/c1-3-6-4(2)5;1-2-3/h3H,1H2,2H3;3H,2H2,1H3. The minimum Gasteiger partial charge on any atom is -0.435 e. The van der Waals surface area contributed by atoms with Gasteiger partial charge in [0.25, 0.3) is 0 Å². The fraction of sp³-hybridized carbons (Fsp3) is 0.500. The van der Waals surface area contributed by atoms with Crippen LogP contribution in [0, 0.1) is 0 Å². The van der Waals surface area contributed by atoms with E-state index in [1.54, 1.807) is 6.92 Å². The van der Waals surface area contributed by atoms with Gasteiger partial charge in [0.1, 0.15) is 0 Å². The van der Waals surface area contributed by atoms with Crippen LogP contribution in [0.3, 0.4) is 0 Å². The van der Waals surface area contributed by atoms with Gasteiger partial charge in [0, 0.05) is 13.5 Å². The molecule has 0 aliphatic rings. The van der Waals surface area contributed by atoms with Crippen LogP contribution in [0.1, 0.15) is 13.8 Å². The molecule has 0 fully saturated rings. The molecule has 0 saturated heterocycles. The van der Waals surface area contributed by atoms with Crippen LogP contribution in [-0.2, 0) is 9.53 Å². The summed E-state index contributed by atoms with van der Waals surface area (Å²) in [5, 5.41) is 7.57. The first-order valence-electron chi connectivity index (χ1n) is 2.58. The minimum absolute atomic E-state index is 0.250. The third kappa shape index (κ3) is 40.7. The lowest BCUT2D eigenvalue weighted by atomic mass is 10.8. The number of hydrogen-bond donors (Lipinski definition) is 1. The Morgan fingerprint density at radius 3 is 2.22 bits per heavy atom. The Morgan fingerprint density at radius 1 is 1.89 bits per heavy atom. The van der Waals surface area contributed by atoms with Crippen molar-refractivity contribution in [3.05, 3.63) is 12.8 Å². The van der Waals surface area contributed by atoms with Crippen LogP contribution in [0.5, 0.6) is 0 Å². The summed E-state index contributed by atoms with van der Waals surface area (Å²) in [6, 6.07) is 0. The average Bonchev–Trinajstić information content (AvgIpc) is 1.67. The quantitative estimate of drug-likeness (QED) is 0.422. The molecule has 3 heteroatoms. The summed E-state index contributed by atoms with van der Waals surface area (Å²) in [5.41, 5.74) is 0. The van der Waals surface area contributed by atoms with Gasteiger partial charge in [-0.2, -0.15) is 0 Å². The van der Waals surface area contributed by atoms with E-state index in [1.807, 2.05) is 0 Å². The van der Waals surface area contributed by atoms with E-state index in [9.17, 15) is 4.79 Å². The van der Waals surface area contributed by atoms with Crippen molar-refractivity contribution in [3.63, 3.8) is 0 Å². The lowest BCUT2D eigenvalue weighted by molar-refractivity contribution is -0.135. The molecule has 1 N–H and O–H groups in total. The molecular weight excluding hydrogens is 120 g/mol. The van der Waals surface area contributed by atoms with E-state index in [-0.39, 0.29) is 12.6 Å². The highest BCUT2D eigenvalue weighted by Crippen LogP contribution is 1.70. The number of aliphatic hydroxyl groups excluding tert-OH is 1. The molecule has 0 bridgehead atoms. The maximum absolute atomic E-state index is 9.75.